The number of benzene rings is 1. The molecule has 1 fully saturated rings. The number of hydrogen-bond acceptors (Lipinski definition) is 3. The summed E-state index contributed by atoms with van der Waals surface area (Å²) in [6.07, 6.45) is 0.534. The van der Waals surface area contributed by atoms with E-state index in [0.717, 1.165) is 10.9 Å². The van der Waals surface area contributed by atoms with Gasteiger partial charge in [0, 0.05) is 22.3 Å². The largest absolute Gasteiger partial charge is 0.360 e. The Morgan fingerprint density at radius 1 is 1.38 bits per heavy atom. The molecule has 0 spiro atoms. The molecule has 1 aliphatic heterocycles. The average molecular weight is 328 g/mol. The Bertz CT molecular complexity index is 813. The minimum Gasteiger partial charge on any atom is -0.347 e. The fraction of sp³-hybridized carbons (Fsp3) is 0.357. The van der Waals surface area contributed by atoms with Gasteiger partial charge in [0.25, 0.3) is 0 Å². The molecular formula is C14H16ClN2O3S+. The van der Waals surface area contributed by atoms with Gasteiger partial charge < -0.3 is 4.98 Å². The van der Waals surface area contributed by atoms with Gasteiger partial charge >= 0.3 is 5.91 Å². The molecule has 5 nitrogen and oxygen atoms in total. The first kappa shape index (κ1) is 14.6. The van der Waals surface area contributed by atoms with Crippen LogP contribution >= 0.6 is 11.6 Å². The minimum atomic E-state index is -2.99. The van der Waals surface area contributed by atoms with E-state index in [2.05, 4.69) is 4.98 Å². The SMILES string of the molecule is C[NH+](C(=O)c1cc2cc(Cl)ccc2[nH]1)[C@@H]1CCS(=O)(=O)C1. The second kappa shape index (κ2) is 5.12. The number of aromatic nitrogens is 1. The lowest BCUT2D eigenvalue weighted by atomic mass is 10.2. The number of sulfone groups is 1. The molecule has 2 heterocycles. The fourth-order valence-electron chi connectivity index (χ4n) is 2.76. The molecule has 0 aliphatic carbocycles. The highest BCUT2D eigenvalue weighted by molar-refractivity contribution is 7.91. The van der Waals surface area contributed by atoms with E-state index < -0.39 is 9.84 Å². The Kier molecular flexibility index (Phi) is 3.55. The maximum absolute atomic E-state index is 12.5. The molecule has 1 amide bonds. The maximum atomic E-state index is 12.5. The van der Waals surface area contributed by atoms with Crippen LogP contribution in [0.3, 0.4) is 0 Å². The normalized spacial score (nSPS) is 22.5. The van der Waals surface area contributed by atoms with Crippen molar-refractivity contribution in [2.75, 3.05) is 18.6 Å². The van der Waals surface area contributed by atoms with Crippen molar-refractivity contribution in [1.29, 1.82) is 0 Å². The molecule has 0 saturated carbocycles. The number of carbonyl (C=O) groups excluding carboxylic acids is 1. The van der Waals surface area contributed by atoms with Crippen LogP contribution in [-0.2, 0) is 9.84 Å². The van der Waals surface area contributed by atoms with E-state index in [1.165, 1.54) is 0 Å². The van der Waals surface area contributed by atoms with Crippen LogP contribution in [0.4, 0.5) is 0 Å². The summed E-state index contributed by atoms with van der Waals surface area (Å²) >= 11 is 5.93. The third kappa shape index (κ3) is 2.84. The summed E-state index contributed by atoms with van der Waals surface area (Å²) in [5, 5.41) is 1.49. The van der Waals surface area contributed by atoms with Crippen LogP contribution in [0.25, 0.3) is 10.9 Å². The molecule has 0 radical (unpaired) electrons. The molecule has 7 heteroatoms. The molecule has 1 aromatic carbocycles. The van der Waals surface area contributed by atoms with Crippen molar-refractivity contribution in [2.24, 2.45) is 0 Å². The van der Waals surface area contributed by atoms with Gasteiger partial charge in [0.05, 0.1) is 12.8 Å². The number of rotatable bonds is 2. The predicted octanol–water partition coefficient (Wildman–Crippen LogP) is 0.663. The van der Waals surface area contributed by atoms with Crippen molar-refractivity contribution < 1.29 is 18.1 Å². The van der Waals surface area contributed by atoms with Crippen molar-refractivity contribution in [3.05, 3.63) is 35.0 Å². The summed E-state index contributed by atoms with van der Waals surface area (Å²) in [6, 6.07) is 6.96. The molecular weight excluding hydrogens is 312 g/mol. The zero-order chi connectivity index (χ0) is 15.2. The molecule has 2 N–H and O–H groups in total. The molecule has 2 aromatic rings. The van der Waals surface area contributed by atoms with E-state index in [9.17, 15) is 13.2 Å². The van der Waals surface area contributed by atoms with Crippen LogP contribution in [0.1, 0.15) is 16.9 Å². The Hall–Kier alpha value is -1.37. The zero-order valence-electron chi connectivity index (χ0n) is 11.5. The summed E-state index contributed by atoms with van der Waals surface area (Å²) < 4.78 is 23.1. The summed E-state index contributed by atoms with van der Waals surface area (Å²) in [6.45, 7) is 0. The second-order valence-corrected chi connectivity index (χ2v) is 8.19. The average Bonchev–Trinajstić information content (AvgIpc) is 2.99. The van der Waals surface area contributed by atoms with Crippen molar-refractivity contribution >= 4 is 38.2 Å². The molecule has 1 aliphatic rings. The van der Waals surface area contributed by atoms with Gasteiger partial charge in [-0.1, -0.05) is 11.6 Å². The fourth-order valence-corrected chi connectivity index (χ4v) is 4.78. The Balaban J connectivity index is 1.86. The van der Waals surface area contributed by atoms with Crippen molar-refractivity contribution in [3.63, 3.8) is 0 Å². The van der Waals surface area contributed by atoms with Crippen molar-refractivity contribution in [3.8, 4) is 0 Å². The first-order chi connectivity index (χ1) is 9.85. The molecule has 1 saturated heterocycles. The smallest absolute Gasteiger partial charge is 0.347 e. The van der Waals surface area contributed by atoms with E-state index in [-0.39, 0.29) is 23.5 Å². The van der Waals surface area contributed by atoms with E-state index in [0.29, 0.717) is 22.0 Å². The summed E-state index contributed by atoms with van der Waals surface area (Å²) in [5.41, 5.74) is 1.32. The lowest BCUT2D eigenvalue weighted by molar-refractivity contribution is -0.817. The number of H-pyrrole nitrogens is 1. The van der Waals surface area contributed by atoms with Gasteiger partial charge in [-0.15, -0.1) is 0 Å². The van der Waals surface area contributed by atoms with E-state index in [1.807, 2.05) is 6.07 Å². The maximum Gasteiger partial charge on any atom is 0.360 e. The van der Waals surface area contributed by atoms with Gasteiger partial charge in [0.2, 0.25) is 0 Å². The third-order valence-corrected chi connectivity index (χ3v) is 6.03. The van der Waals surface area contributed by atoms with Gasteiger partial charge in [0.1, 0.15) is 17.5 Å². The molecule has 21 heavy (non-hydrogen) atoms. The Labute approximate surface area is 127 Å². The zero-order valence-corrected chi connectivity index (χ0v) is 13.1. The summed E-state index contributed by atoms with van der Waals surface area (Å²) in [4.78, 5) is 16.2. The molecule has 2 atom stereocenters. The number of amides is 1. The number of halogens is 1. The lowest BCUT2D eigenvalue weighted by Crippen LogP contribution is -3.15. The van der Waals surface area contributed by atoms with Crippen LogP contribution in [0.5, 0.6) is 0 Å². The highest BCUT2D eigenvalue weighted by atomic mass is 35.5. The second-order valence-electron chi connectivity index (χ2n) is 5.53. The molecule has 1 unspecified atom stereocenters. The first-order valence-corrected chi connectivity index (χ1v) is 8.92. The van der Waals surface area contributed by atoms with Crippen LogP contribution in [0, 0.1) is 0 Å². The van der Waals surface area contributed by atoms with E-state index >= 15 is 0 Å². The topological polar surface area (TPSA) is 71.4 Å². The number of fused-ring (bicyclic) bond motifs is 1. The van der Waals surface area contributed by atoms with Gasteiger partial charge in [0.15, 0.2) is 9.84 Å². The number of nitrogens with one attached hydrogen (secondary N) is 2. The quantitative estimate of drug-likeness (QED) is 0.851. The van der Waals surface area contributed by atoms with Crippen LogP contribution in [0.2, 0.25) is 5.02 Å². The lowest BCUT2D eigenvalue weighted by Gasteiger charge is -2.16. The number of hydrogen-bond donors (Lipinski definition) is 2. The minimum absolute atomic E-state index is 0.0800. The van der Waals surface area contributed by atoms with Gasteiger partial charge in [-0.2, -0.15) is 0 Å². The number of aromatic amines is 1. The van der Waals surface area contributed by atoms with Gasteiger partial charge in [-0.05, 0) is 24.3 Å². The van der Waals surface area contributed by atoms with E-state index in [1.54, 1.807) is 25.2 Å². The van der Waals surface area contributed by atoms with E-state index in [4.69, 9.17) is 11.6 Å². The Morgan fingerprint density at radius 2 is 2.14 bits per heavy atom. The first-order valence-electron chi connectivity index (χ1n) is 6.72. The van der Waals surface area contributed by atoms with Crippen LogP contribution in [-0.4, -0.2) is 43.9 Å². The monoisotopic (exact) mass is 327 g/mol. The molecule has 0 bridgehead atoms. The number of carbonyl (C=O) groups is 1. The van der Waals surface area contributed by atoms with Gasteiger partial charge in [-0.3, -0.25) is 4.90 Å². The summed E-state index contributed by atoms with van der Waals surface area (Å²) in [5.74, 6) is 0.130. The predicted molar refractivity (Wildman–Crippen MR) is 81.6 cm³/mol. The number of quaternary nitrogens is 1. The molecule has 112 valence electrons. The summed E-state index contributed by atoms with van der Waals surface area (Å²) in [7, 11) is -1.26. The molecule has 1 aromatic heterocycles. The van der Waals surface area contributed by atoms with Gasteiger partial charge in [-0.25, -0.2) is 13.2 Å². The van der Waals surface area contributed by atoms with Crippen LogP contribution in [0.15, 0.2) is 24.3 Å². The molecule has 3 rings (SSSR count). The Morgan fingerprint density at radius 3 is 2.81 bits per heavy atom. The van der Waals surface area contributed by atoms with Crippen LogP contribution < -0.4 is 4.90 Å². The highest BCUT2D eigenvalue weighted by Gasteiger charge is 2.37. The van der Waals surface area contributed by atoms with Crippen molar-refractivity contribution in [1.82, 2.24) is 4.98 Å². The van der Waals surface area contributed by atoms with Crippen molar-refractivity contribution in [2.45, 2.75) is 12.5 Å². The standard InChI is InChI=1S/C14H15ClN2O3S/c1-17(11-4-5-21(19,20)8-11)14(18)13-7-9-6-10(15)2-3-12(9)16-13/h2-3,6-7,11,16H,4-5,8H2,1H3/p+1/t11-/m1/s1. The third-order valence-electron chi connectivity index (χ3n) is 4.03. The highest BCUT2D eigenvalue weighted by Crippen LogP contribution is 2.20.